The Hall–Kier alpha value is 0.857. The first-order chi connectivity index (χ1) is 16.6. The smallest absolute Gasteiger partial charge is 1.00 e. The van der Waals surface area contributed by atoms with Gasteiger partial charge in [0.25, 0.3) is 0 Å². The molecule has 2 aliphatic heterocycles. The zero-order valence-corrected chi connectivity index (χ0v) is 30.5. The molecule has 0 aromatic rings. The van der Waals surface area contributed by atoms with E-state index in [0.29, 0.717) is 0 Å². The molecule has 0 atom stereocenters. The molecule has 2 saturated heterocycles. The van der Waals surface area contributed by atoms with Crippen molar-refractivity contribution in [2.45, 2.75) is 154 Å². The maximum Gasteiger partial charge on any atom is 4.00 e. The molecule has 0 aromatic heterocycles. The third kappa shape index (κ3) is 10.6. The molecular weight excluding hydrogens is 603 g/mol. The van der Waals surface area contributed by atoms with Gasteiger partial charge in [0.1, 0.15) is 0 Å². The summed E-state index contributed by atoms with van der Waals surface area (Å²) in [5.74, 6) is 0. The molecule has 2 heterocycles. The first-order valence-electron chi connectivity index (χ1n) is 15.3. The van der Waals surface area contributed by atoms with Gasteiger partial charge in [-0.15, -0.1) is 0 Å². The van der Waals surface area contributed by atoms with Crippen molar-refractivity contribution in [2.75, 3.05) is 0 Å². The van der Waals surface area contributed by atoms with Gasteiger partial charge in [0.15, 0.2) is 0 Å². The standard InChI is InChI=1S/2C16H27Si.2ClH.Zr/c2*1-3-5-8-15-9-10-16(14-15)17(11-6-4-2)12-7-13-17;;;/h2*10H,3-9,11-13H2,1-2H3;2*1H;/q2*-1;;;+4/p-2. The van der Waals surface area contributed by atoms with E-state index in [9.17, 15) is 0 Å². The number of rotatable bonds is 14. The van der Waals surface area contributed by atoms with Crippen LogP contribution in [0.1, 0.15) is 118 Å². The minimum atomic E-state index is -0.983. The normalized spacial score (nSPS) is 20.2. The minimum absolute atomic E-state index is 0. The Labute approximate surface area is 265 Å². The summed E-state index contributed by atoms with van der Waals surface area (Å²) < 4.78 is 0. The van der Waals surface area contributed by atoms with Crippen LogP contribution in [0.3, 0.4) is 0 Å². The first kappa shape index (κ1) is 37.9. The Balaban J connectivity index is 0.000000648. The molecule has 0 spiro atoms. The fourth-order valence-electron chi connectivity index (χ4n) is 6.39. The van der Waals surface area contributed by atoms with Crippen LogP contribution in [0.4, 0.5) is 0 Å². The molecule has 208 valence electrons. The van der Waals surface area contributed by atoms with Gasteiger partial charge in [-0.05, 0) is 0 Å². The number of unbranched alkanes of at least 4 members (excludes halogenated alkanes) is 4. The number of hydrogen-bond acceptors (Lipinski definition) is 0. The summed E-state index contributed by atoms with van der Waals surface area (Å²) in [4.78, 5) is 0. The van der Waals surface area contributed by atoms with Crippen LogP contribution < -0.4 is 24.8 Å². The van der Waals surface area contributed by atoms with Gasteiger partial charge >= 0.3 is 26.2 Å². The van der Waals surface area contributed by atoms with Crippen LogP contribution >= 0.6 is 0 Å². The second kappa shape index (κ2) is 19.9. The van der Waals surface area contributed by atoms with Gasteiger partial charge < -0.3 is 24.8 Å². The molecule has 0 amide bonds. The zero-order valence-electron chi connectivity index (χ0n) is 24.6. The third-order valence-electron chi connectivity index (χ3n) is 9.17. The monoisotopic (exact) mass is 654 g/mol. The summed E-state index contributed by atoms with van der Waals surface area (Å²) in [6, 6.07) is 9.34. The fourth-order valence-corrected chi connectivity index (χ4v) is 15.4. The molecule has 2 fully saturated rings. The molecule has 0 N–H and O–H groups in total. The summed E-state index contributed by atoms with van der Waals surface area (Å²) >= 11 is 0. The summed E-state index contributed by atoms with van der Waals surface area (Å²) in [7, 11) is -1.97. The molecule has 4 rings (SSSR count). The number of allylic oxidation sites excluding steroid dienone is 8. The molecule has 5 heteroatoms. The Bertz CT molecular complexity index is 697. The number of halogens is 2. The van der Waals surface area contributed by atoms with E-state index in [1.807, 2.05) is 0 Å². The molecule has 4 aliphatic rings. The van der Waals surface area contributed by atoms with Crippen molar-refractivity contribution in [3.63, 3.8) is 0 Å². The molecule has 0 saturated carbocycles. The molecular formula is C32H54Cl2Si2Zr. The van der Waals surface area contributed by atoms with Crippen molar-refractivity contribution in [2.24, 2.45) is 0 Å². The summed E-state index contributed by atoms with van der Waals surface area (Å²) in [5, 5.41) is 3.45. The first-order valence-corrected chi connectivity index (χ1v) is 20.5. The molecule has 0 radical (unpaired) electrons. The van der Waals surface area contributed by atoms with Crippen molar-refractivity contribution in [3.05, 3.63) is 45.8 Å². The summed E-state index contributed by atoms with van der Waals surface area (Å²) in [5.41, 5.74) is 3.22. The molecule has 0 aromatic carbocycles. The second-order valence-electron chi connectivity index (χ2n) is 11.8. The van der Waals surface area contributed by atoms with Gasteiger partial charge in [0.05, 0.1) is 0 Å². The molecule has 0 unspecified atom stereocenters. The Kier molecular flexibility index (Phi) is 20.3. The van der Waals surface area contributed by atoms with Gasteiger partial charge in [-0.2, -0.15) is 11.1 Å². The van der Waals surface area contributed by atoms with Gasteiger partial charge in [0, 0.05) is 16.1 Å². The van der Waals surface area contributed by atoms with E-state index in [2.05, 4.69) is 52.0 Å². The van der Waals surface area contributed by atoms with Crippen molar-refractivity contribution < 1.29 is 51.0 Å². The summed E-state index contributed by atoms with van der Waals surface area (Å²) in [6.45, 7) is 9.23. The van der Waals surface area contributed by atoms with E-state index in [1.54, 1.807) is 57.8 Å². The second-order valence-corrected chi connectivity index (χ2v) is 21.0. The average molecular weight is 657 g/mol. The Morgan fingerprint density at radius 3 is 1.22 bits per heavy atom. The SMILES string of the molecule is CCCCC1=[C-]C([Si]2(CCCC)CCC2)=CC1.CCCCC1=[C-]C([Si]2(CCCC)CCC2)=CC1.[Cl-].[Cl-].[Zr+4]. The quantitative estimate of drug-likeness (QED) is 0.185. The van der Waals surface area contributed by atoms with Crippen LogP contribution in [0.25, 0.3) is 0 Å². The van der Waals surface area contributed by atoms with Crippen LogP contribution in [-0.4, -0.2) is 16.1 Å². The summed E-state index contributed by atoms with van der Waals surface area (Å²) in [6.07, 6.45) is 31.8. The Morgan fingerprint density at radius 2 is 0.946 bits per heavy atom. The maximum absolute atomic E-state index is 3.82. The third-order valence-corrected chi connectivity index (χ3v) is 20.0. The van der Waals surface area contributed by atoms with Gasteiger partial charge in [-0.1, -0.05) is 154 Å². The van der Waals surface area contributed by atoms with E-state index in [-0.39, 0.29) is 51.0 Å². The van der Waals surface area contributed by atoms with E-state index in [4.69, 9.17) is 0 Å². The minimum Gasteiger partial charge on any atom is -1.00 e. The molecule has 37 heavy (non-hydrogen) atoms. The van der Waals surface area contributed by atoms with Crippen LogP contribution in [0.2, 0.25) is 36.3 Å². The van der Waals surface area contributed by atoms with Crippen LogP contribution in [0.15, 0.2) is 33.7 Å². The van der Waals surface area contributed by atoms with Crippen LogP contribution in [0.5, 0.6) is 0 Å². The van der Waals surface area contributed by atoms with Crippen molar-refractivity contribution in [1.29, 1.82) is 0 Å². The van der Waals surface area contributed by atoms with Gasteiger partial charge in [0.2, 0.25) is 0 Å². The van der Waals surface area contributed by atoms with Crippen molar-refractivity contribution in [1.82, 2.24) is 0 Å². The topological polar surface area (TPSA) is 0 Å². The molecule has 0 bridgehead atoms. The van der Waals surface area contributed by atoms with E-state index < -0.39 is 16.1 Å². The fraction of sp³-hybridized carbons (Fsp3) is 0.750. The maximum atomic E-state index is 3.82. The predicted octanol–water partition coefficient (Wildman–Crippen LogP) is 4.86. The largest absolute Gasteiger partial charge is 4.00 e. The number of hydrogen-bond donors (Lipinski definition) is 0. The van der Waals surface area contributed by atoms with E-state index >= 15 is 0 Å². The van der Waals surface area contributed by atoms with Crippen LogP contribution in [0, 0.1) is 12.2 Å². The van der Waals surface area contributed by atoms with E-state index in [1.165, 1.54) is 89.9 Å². The zero-order chi connectivity index (χ0) is 24.3. The van der Waals surface area contributed by atoms with Gasteiger partial charge in [-0.3, -0.25) is 12.2 Å². The molecule has 2 aliphatic carbocycles. The molecule has 0 nitrogen and oxygen atoms in total. The van der Waals surface area contributed by atoms with Gasteiger partial charge in [-0.25, -0.2) is 22.5 Å². The van der Waals surface area contributed by atoms with Crippen molar-refractivity contribution in [3.8, 4) is 0 Å². The Morgan fingerprint density at radius 1 is 0.595 bits per heavy atom. The van der Waals surface area contributed by atoms with Crippen LogP contribution in [-0.2, 0) is 26.2 Å². The van der Waals surface area contributed by atoms with E-state index in [0.717, 1.165) is 0 Å². The average Bonchev–Trinajstić information content (AvgIpc) is 3.46. The van der Waals surface area contributed by atoms with Crippen molar-refractivity contribution >= 4 is 16.1 Å². The predicted molar refractivity (Wildman–Crippen MR) is 157 cm³/mol.